The zero-order valence-electron chi connectivity index (χ0n) is 15.8. The van der Waals surface area contributed by atoms with Gasteiger partial charge in [-0.3, -0.25) is 4.79 Å². The molecule has 1 saturated heterocycles. The SMILES string of the molecule is CCCOc1ccc(C(=O)N2CCC(C)CC2CN)cc1OCCC. The van der Waals surface area contributed by atoms with Crippen LogP contribution in [0.4, 0.5) is 0 Å². The predicted octanol–water partition coefficient (Wildman–Crippen LogP) is 3.46. The Morgan fingerprint density at radius 2 is 1.88 bits per heavy atom. The van der Waals surface area contributed by atoms with Gasteiger partial charge in [0.25, 0.3) is 5.91 Å². The van der Waals surface area contributed by atoms with Gasteiger partial charge in [0.05, 0.1) is 13.2 Å². The number of likely N-dealkylation sites (tertiary alicyclic amines) is 1. The molecule has 1 fully saturated rings. The Hall–Kier alpha value is -1.75. The van der Waals surface area contributed by atoms with E-state index in [1.54, 1.807) is 0 Å². The number of rotatable bonds is 8. The highest BCUT2D eigenvalue weighted by atomic mass is 16.5. The average Bonchev–Trinajstić information content (AvgIpc) is 2.64. The fraction of sp³-hybridized carbons (Fsp3) is 0.650. The molecule has 2 atom stereocenters. The lowest BCUT2D eigenvalue weighted by Crippen LogP contribution is -2.49. The molecule has 0 spiro atoms. The van der Waals surface area contributed by atoms with Crippen molar-refractivity contribution in [1.82, 2.24) is 4.90 Å². The molecular formula is C20H32N2O3. The summed E-state index contributed by atoms with van der Waals surface area (Å²) in [6, 6.07) is 5.61. The van der Waals surface area contributed by atoms with Crippen molar-refractivity contribution in [2.75, 3.05) is 26.3 Å². The maximum Gasteiger partial charge on any atom is 0.254 e. The minimum absolute atomic E-state index is 0.0331. The lowest BCUT2D eigenvalue weighted by Gasteiger charge is -2.38. The van der Waals surface area contributed by atoms with E-state index in [2.05, 4.69) is 20.8 Å². The number of nitrogens with two attached hydrogens (primary N) is 1. The second-order valence-electron chi connectivity index (χ2n) is 6.88. The van der Waals surface area contributed by atoms with E-state index in [1.165, 1.54) is 0 Å². The number of ether oxygens (including phenoxy) is 2. The predicted molar refractivity (Wildman–Crippen MR) is 100 cm³/mol. The molecule has 2 unspecified atom stereocenters. The molecule has 0 saturated carbocycles. The summed E-state index contributed by atoms with van der Waals surface area (Å²) in [5.41, 5.74) is 6.55. The first-order valence-corrected chi connectivity index (χ1v) is 9.51. The van der Waals surface area contributed by atoms with Crippen LogP contribution in [0.2, 0.25) is 0 Å². The molecule has 5 heteroatoms. The maximum absolute atomic E-state index is 13.0. The van der Waals surface area contributed by atoms with Gasteiger partial charge < -0.3 is 20.1 Å². The molecule has 1 aromatic carbocycles. The van der Waals surface area contributed by atoms with Crippen LogP contribution >= 0.6 is 0 Å². The molecule has 1 aromatic rings. The van der Waals surface area contributed by atoms with E-state index in [4.69, 9.17) is 15.2 Å². The summed E-state index contributed by atoms with van der Waals surface area (Å²) >= 11 is 0. The van der Waals surface area contributed by atoms with E-state index in [0.29, 0.717) is 42.7 Å². The summed E-state index contributed by atoms with van der Waals surface area (Å²) in [5.74, 6) is 2.00. The Bertz CT molecular complexity index is 562. The van der Waals surface area contributed by atoms with Crippen LogP contribution in [0.5, 0.6) is 11.5 Å². The van der Waals surface area contributed by atoms with Gasteiger partial charge in [-0.25, -0.2) is 0 Å². The van der Waals surface area contributed by atoms with Crippen LogP contribution in [0.1, 0.15) is 56.8 Å². The summed E-state index contributed by atoms with van der Waals surface area (Å²) in [7, 11) is 0. The van der Waals surface area contributed by atoms with Gasteiger partial charge >= 0.3 is 0 Å². The second-order valence-corrected chi connectivity index (χ2v) is 6.88. The molecule has 0 aromatic heterocycles. The fourth-order valence-electron chi connectivity index (χ4n) is 3.21. The van der Waals surface area contributed by atoms with Crippen LogP contribution in [-0.2, 0) is 0 Å². The molecule has 140 valence electrons. The van der Waals surface area contributed by atoms with Crippen molar-refractivity contribution >= 4 is 5.91 Å². The van der Waals surface area contributed by atoms with Crippen LogP contribution < -0.4 is 15.2 Å². The van der Waals surface area contributed by atoms with Crippen LogP contribution in [-0.4, -0.2) is 43.2 Å². The molecule has 0 bridgehead atoms. The first-order valence-electron chi connectivity index (χ1n) is 9.51. The van der Waals surface area contributed by atoms with E-state index in [1.807, 2.05) is 23.1 Å². The van der Waals surface area contributed by atoms with Crippen molar-refractivity contribution < 1.29 is 14.3 Å². The van der Waals surface area contributed by atoms with Gasteiger partial charge in [0, 0.05) is 24.7 Å². The van der Waals surface area contributed by atoms with Gasteiger partial charge in [-0.1, -0.05) is 20.8 Å². The number of benzene rings is 1. The molecule has 5 nitrogen and oxygen atoms in total. The first-order chi connectivity index (χ1) is 12.1. The smallest absolute Gasteiger partial charge is 0.254 e. The van der Waals surface area contributed by atoms with E-state index < -0.39 is 0 Å². The van der Waals surface area contributed by atoms with Gasteiger partial charge in [-0.05, 0) is 49.8 Å². The van der Waals surface area contributed by atoms with Gasteiger partial charge in [0.2, 0.25) is 0 Å². The summed E-state index contributed by atoms with van der Waals surface area (Å²) in [4.78, 5) is 14.9. The lowest BCUT2D eigenvalue weighted by molar-refractivity contribution is 0.0573. The molecule has 1 aliphatic heterocycles. The third kappa shape index (κ3) is 5.11. The Morgan fingerprint density at radius 1 is 1.20 bits per heavy atom. The molecule has 25 heavy (non-hydrogen) atoms. The maximum atomic E-state index is 13.0. The molecule has 0 aliphatic carbocycles. The molecule has 1 aliphatic rings. The lowest BCUT2D eigenvalue weighted by atomic mass is 9.92. The van der Waals surface area contributed by atoms with Gasteiger partial charge in [-0.2, -0.15) is 0 Å². The highest BCUT2D eigenvalue weighted by molar-refractivity contribution is 5.95. The summed E-state index contributed by atoms with van der Waals surface area (Å²) in [5, 5.41) is 0. The molecule has 2 N–H and O–H groups in total. The van der Waals surface area contributed by atoms with Crippen molar-refractivity contribution in [2.45, 2.75) is 52.5 Å². The molecule has 2 rings (SSSR count). The Balaban J connectivity index is 2.20. The number of carbonyl (C=O) groups is 1. The molecular weight excluding hydrogens is 316 g/mol. The van der Waals surface area contributed by atoms with E-state index in [-0.39, 0.29) is 11.9 Å². The van der Waals surface area contributed by atoms with Gasteiger partial charge in [0.15, 0.2) is 11.5 Å². The number of hydrogen-bond acceptors (Lipinski definition) is 4. The zero-order chi connectivity index (χ0) is 18.2. The largest absolute Gasteiger partial charge is 0.490 e. The van der Waals surface area contributed by atoms with Crippen LogP contribution in [0.3, 0.4) is 0 Å². The zero-order valence-corrected chi connectivity index (χ0v) is 15.8. The number of hydrogen-bond donors (Lipinski definition) is 1. The minimum atomic E-state index is 0.0331. The number of carbonyl (C=O) groups excluding carboxylic acids is 1. The Morgan fingerprint density at radius 3 is 2.52 bits per heavy atom. The minimum Gasteiger partial charge on any atom is -0.490 e. The molecule has 0 radical (unpaired) electrons. The van der Waals surface area contributed by atoms with E-state index >= 15 is 0 Å². The fourth-order valence-corrected chi connectivity index (χ4v) is 3.21. The van der Waals surface area contributed by atoms with E-state index in [9.17, 15) is 4.79 Å². The van der Waals surface area contributed by atoms with Crippen LogP contribution in [0, 0.1) is 5.92 Å². The number of nitrogens with zero attached hydrogens (tertiary/aromatic N) is 1. The summed E-state index contributed by atoms with van der Waals surface area (Å²) in [6.45, 7) is 8.86. The van der Waals surface area contributed by atoms with E-state index in [0.717, 1.165) is 32.2 Å². The number of piperidine rings is 1. The highest BCUT2D eigenvalue weighted by Crippen LogP contribution is 2.31. The Kier molecular flexibility index (Phi) is 7.56. The highest BCUT2D eigenvalue weighted by Gasteiger charge is 2.30. The third-order valence-electron chi connectivity index (χ3n) is 4.62. The number of amides is 1. The van der Waals surface area contributed by atoms with Crippen LogP contribution in [0.15, 0.2) is 18.2 Å². The van der Waals surface area contributed by atoms with Crippen LogP contribution in [0.25, 0.3) is 0 Å². The topological polar surface area (TPSA) is 64.8 Å². The monoisotopic (exact) mass is 348 g/mol. The van der Waals surface area contributed by atoms with Crippen molar-refractivity contribution in [1.29, 1.82) is 0 Å². The van der Waals surface area contributed by atoms with Gasteiger partial charge in [0.1, 0.15) is 0 Å². The normalized spacial score (nSPS) is 20.4. The van der Waals surface area contributed by atoms with Crippen molar-refractivity contribution in [3.05, 3.63) is 23.8 Å². The quantitative estimate of drug-likeness (QED) is 0.781. The Labute approximate surface area is 151 Å². The van der Waals surface area contributed by atoms with Crippen molar-refractivity contribution in [3.8, 4) is 11.5 Å². The average molecular weight is 348 g/mol. The standard InChI is InChI=1S/C20H32N2O3/c1-4-10-24-18-7-6-16(13-19(18)25-11-5-2)20(23)22-9-8-15(3)12-17(22)14-21/h6-7,13,15,17H,4-5,8-12,14,21H2,1-3H3. The summed E-state index contributed by atoms with van der Waals surface area (Å²) in [6.07, 6.45) is 3.83. The molecule has 1 heterocycles. The second kappa shape index (κ2) is 9.66. The van der Waals surface area contributed by atoms with Gasteiger partial charge in [-0.15, -0.1) is 0 Å². The first kappa shape index (κ1) is 19.6. The van der Waals surface area contributed by atoms with Crippen molar-refractivity contribution in [2.24, 2.45) is 11.7 Å². The summed E-state index contributed by atoms with van der Waals surface area (Å²) < 4.78 is 11.6. The molecule has 1 amide bonds. The third-order valence-corrected chi connectivity index (χ3v) is 4.62. The van der Waals surface area contributed by atoms with Crippen molar-refractivity contribution in [3.63, 3.8) is 0 Å².